The number of nitro groups is 1. The first-order valence-corrected chi connectivity index (χ1v) is 8.48. The molecule has 1 aromatic rings. The van der Waals surface area contributed by atoms with Gasteiger partial charge in [0, 0.05) is 23.7 Å². The van der Waals surface area contributed by atoms with Crippen LogP contribution in [0.3, 0.4) is 0 Å². The first-order valence-electron chi connectivity index (χ1n) is 7.00. The molecule has 0 aromatic heterocycles. The molecule has 9 heteroatoms. The largest absolute Gasteiger partial charge is 0.329 e. The van der Waals surface area contributed by atoms with Crippen molar-refractivity contribution >= 4 is 28.1 Å². The van der Waals surface area contributed by atoms with Crippen molar-refractivity contribution in [2.75, 3.05) is 6.54 Å². The minimum absolute atomic E-state index is 0. The van der Waals surface area contributed by atoms with Crippen molar-refractivity contribution in [3.8, 4) is 0 Å². The predicted octanol–water partition coefficient (Wildman–Crippen LogP) is 2.37. The van der Waals surface area contributed by atoms with E-state index in [1.54, 1.807) is 13.8 Å². The third kappa shape index (κ3) is 5.72. The lowest BCUT2D eigenvalue weighted by atomic mass is 9.92. The van der Waals surface area contributed by atoms with Gasteiger partial charge < -0.3 is 5.73 Å². The van der Waals surface area contributed by atoms with Crippen molar-refractivity contribution in [2.45, 2.75) is 44.6 Å². The SMILES string of the molecule is Cc1ccc(S(=O)(=O)NC(C)(CN)CC(C)C)cc1[N+](=O)[O-].Cl. The van der Waals surface area contributed by atoms with Gasteiger partial charge in [0.05, 0.1) is 9.82 Å². The van der Waals surface area contributed by atoms with Gasteiger partial charge in [-0.05, 0) is 32.3 Å². The molecule has 0 fully saturated rings. The summed E-state index contributed by atoms with van der Waals surface area (Å²) in [5.74, 6) is 0.253. The van der Waals surface area contributed by atoms with Gasteiger partial charge in [0.2, 0.25) is 10.0 Å². The summed E-state index contributed by atoms with van der Waals surface area (Å²) in [5, 5.41) is 11.0. The zero-order valence-electron chi connectivity index (χ0n) is 13.7. The van der Waals surface area contributed by atoms with Crippen molar-refractivity contribution in [1.29, 1.82) is 0 Å². The van der Waals surface area contributed by atoms with Gasteiger partial charge in [-0.3, -0.25) is 10.1 Å². The molecule has 1 unspecified atom stereocenters. The number of benzene rings is 1. The quantitative estimate of drug-likeness (QED) is 0.568. The van der Waals surface area contributed by atoms with Crippen LogP contribution in [0.1, 0.15) is 32.8 Å². The minimum atomic E-state index is -3.88. The lowest BCUT2D eigenvalue weighted by Gasteiger charge is -2.30. The second-order valence-electron chi connectivity index (χ2n) is 6.17. The van der Waals surface area contributed by atoms with Crippen LogP contribution in [0, 0.1) is 23.0 Å². The van der Waals surface area contributed by atoms with Gasteiger partial charge in [-0.2, -0.15) is 0 Å². The maximum atomic E-state index is 12.5. The van der Waals surface area contributed by atoms with E-state index in [4.69, 9.17) is 5.73 Å². The third-order valence-electron chi connectivity index (χ3n) is 3.38. The number of nitrogens with one attached hydrogen (secondary N) is 1. The summed E-state index contributed by atoms with van der Waals surface area (Å²) < 4.78 is 27.5. The maximum Gasteiger partial charge on any atom is 0.273 e. The summed E-state index contributed by atoms with van der Waals surface area (Å²) in [6.45, 7) is 7.37. The molecule has 0 aliphatic heterocycles. The van der Waals surface area contributed by atoms with Gasteiger partial charge in [-0.15, -0.1) is 12.4 Å². The summed E-state index contributed by atoms with van der Waals surface area (Å²) in [5.41, 5.74) is 5.10. The monoisotopic (exact) mass is 365 g/mol. The molecule has 0 saturated heterocycles. The molecule has 0 spiro atoms. The molecule has 132 valence electrons. The zero-order valence-corrected chi connectivity index (χ0v) is 15.3. The Bertz CT molecular complexity index is 664. The molecule has 7 nitrogen and oxygen atoms in total. The van der Waals surface area contributed by atoms with Crippen molar-refractivity contribution < 1.29 is 13.3 Å². The third-order valence-corrected chi connectivity index (χ3v) is 5.01. The molecule has 0 bridgehead atoms. The Morgan fingerprint density at radius 3 is 2.39 bits per heavy atom. The number of aryl methyl sites for hydroxylation is 1. The average molecular weight is 366 g/mol. The molecular weight excluding hydrogens is 342 g/mol. The van der Waals surface area contributed by atoms with Crippen LogP contribution >= 0.6 is 12.4 Å². The molecule has 0 amide bonds. The molecule has 0 saturated carbocycles. The van der Waals surface area contributed by atoms with Crippen LogP contribution in [-0.2, 0) is 10.0 Å². The van der Waals surface area contributed by atoms with Crippen LogP contribution < -0.4 is 10.5 Å². The van der Waals surface area contributed by atoms with Crippen LogP contribution in [0.5, 0.6) is 0 Å². The summed E-state index contributed by atoms with van der Waals surface area (Å²) in [4.78, 5) is 10.2. The highest BCUT2D eigenvalue weighted by atomic mass is 35.5. The number of rotatable bonds is 7. The Labute approximate surface area is 143 Å². The van der Waals surface area contributed by atoms with Crippen molar-refractivity contribution in [2.24, 2.45) is 11.7 Å². The topological polar surface area (TPSA) is 115 Å². The molecule has 1 atom stereocenters. The fourth-order valence-electron chi connectivity index (χ4n) is 2.40. The summed E-state index contributed by atoms with van der Waals surface area (Å²) >= 11 is 0. The molecule has 0 aliphatic carbocycles. The van der Waals surface area contributed by atoms with Crippen LogP contribution in [0.25, 0.3) is 0 Å². The van der Waals surface area contributed by atoms with E-state index in [0.29, 0.717) is 12.0 Å². The molecule has 23 heavy (non-hydrogen) atoms. The van der Waals surface area contributed by atoms with Gasteiger partial charge in [0.15, 0.2) is 0 Å². The molecule has 1 rings (SSSR count). The Morgan fingerprint density at radius 1 is 1.39 bits per heavy atom. The van der Waals surface area contributed by atoms with Gasteiger partial charge in [0.1, 0.15) is 0 Å². The molecule has 0 radical (unpaired) electrons. The standard InChI is InChI=1S/C14H23N3O4S.ClH/c1-10(2)8-14(4,9-15)16-22(20,21)12-6-5-11(3)13(7-12)17(18)19;/h5-7,10,16H,8-9,15H2,1-4H3;1H. The molecular formula is C14H24ClN3O4S. The fourth-order valence-corrected chi connectivity index (χ4v) is 3.85. The zero-order chi connectivity index (χ0) is 17.1. The van der Waals surface area contributed by atoms with Crippen LogP contribution in [0.4, 0.5) is 5.69 Å². The molecule has 3 N–H and O–H groups in total. The average Bonchev–Trinajstić information content (AvgIpc) is 2.36. The minimum Gasteiger partial charge on any atom is -0.329 e. The van der Waals surface area contributed by atoms with Gasteiger partial charge in [-0.25, -0.2) is 13.1 Å². The number of hydrogen-bond donors (Lipinski definition) is 2. The number of halogens is 1. The highest BCUT2D eigenvalue weighted by Crippen LogP contribution is 2.24. The van der Waals surface area contributed by atoms with E-state index in [9.17, 15) is 18.5 Å². The van der Waals surface area contributed by atoms with Gasteiger partial charge in [-0.1, -0.05) is 19.9 Å². The van der Waals surface area contributed by atoms with E-state index < -0.39 is 20.5 Å². The molecule has 1 aromatic carbocycles. The smallest absolute Gasteiger partial charge is 0.273 e. The summed E-state index contributed by atoms with van der Waals surface area (Å²) in [7, 11) is -3.88. The van der Waals surface area contributed by atoms with Crippen LogP contribution in [0.2, 0.25) is 0 Å². The highest BCUT2D eigenvalue weighted by Gasteiger charge is 2.31. The normalized spacial score (nSPS) is 14.2. The number of sulfonamides is 1. The Hall–Kier alpha value is -1.22. The first-order chi connectivity index (χ1) is 10.0. The predicted molar refractivity (Wildman–Crippen MR) is 92.3 cm³/mol. The van der Waals surface area contributed by atoms with E-state index in [1.165, 1.54) is 12.1 Å². The molecule has 0 aliphatic rings. The number of nitrogens with two attached hydrogens (primary N) is 1. The van der Waals surface area contributed by atoms with E-state index in [2.05, 4.69) is 4.72 Å². The van der Waals surface area contributed by atoms with Crippen LogP contribution in [-0.4, -0.2) is 25.4 Å². The van der Waals surface area contributed by atoms with E-state index in [0.717, 1.165) is 6.07 Å². The lowest BCUT2D eigenvalue weighted by Crippen LogP contribution is -2.51. The van der Waals surface area contributed by atoms with Gasteiger partial charge >= 0.3 is 0 Å². The Kier molecular flexibility index (Phi) is 7.62. The number of nitro benzene ring substituents is 1. The van der Waals surface area contributed by atoms with E-state index >= 15 is 0 Å². The Balaban J connectivity index is 0.00000484. The van der Waals surface area contributed by atoms with Crippen molar-refractivity contribution in [3.63, 3.8) is 0 Å². The summed E-state index contributed by atoms with van der Waals surface area (Å²) in [6.07, 6.45) is 0.566. The van der Waals surface area contributed by atoms with E-state index in [1.807, 2.05) is 13.8 Å². The van der Waals surface area contributed by atoms with Crippen LogP contribution in [0.15, 0.2) is 23.1 Å². The number of hydrogen-bond acceptors (Lipinski definition) is 5. The lowest BCUT2D eigenvalue weighted by molar-refractivity contribution is -0.385. The fraction of sp³-hybridized carbons (Fsp3) is 0.571. The van der Waals surface area contributed by atoms with E-state index in [-0.39, 0.29) is 35.5 Å². The first kappa shape index (κ1) is 21.8. The second-order valence-corrected chi connectivity index (χ2v) is 7.86. The second kappa shape index (κ2) is 8.05. The molecule has 0 heterocycles. The maximum absolute atomic E-state index is 12.5. The highest BCUT2D eigenvalue weighted by molar-refractivity contribution is 7.89. The van der Waals surface area contributed by atoms with Gasteiger partial charge in [0.25, 0.3) is 5.69 Å². The number of nitrogens with zero attached hydrogens (tertiary/aromatic N) is 1. The summed E-state index contributed by atoms with van der Waals surface area (Å²) in [6, 6.07) is 3.86. The van der Waals surface area contributed by atoms with Crippen molar-refractivity contribution in [1.82, 2.24) is 4.72 Å². The van der Waals surface area contributed by atoms with Crippen molar-refractivity contribution in [3.05, 3.63) is 33.9 Å². The Morgan fingerprint density at radius 2 is 1.96 bits per heavy atom.